The average Bonchev–Trinajstić information content (AvgIpc) is 3.07. The molecule has 4 nitrogen and oxygen atoms in total. The fourth-order valence-electron chi connectivity index (χ4n) is 1.59. The molecule has 0 atom stereocenters. The van der Waals surface area contributed by atoms with Gasteiger partial charge in [0.2, 0.25) is 0 Å². The van der Waals surface area contributed by atoms with E-state index < -0.39 is 0 Å². The number of hydrogen-bond acceptors (Lipinski definition) is 4. The molecule has 0 radical (unpaired) electrons. The lowest BCUT2D eigenvalue weighted by molar-refractivity contribution is 1.03. The quantitative estimate of drug-likeness (QED) is 0.251. The Hall–Kier alpha value is -2.60. The molecule has 0 fully saturated rings. The van der Waals surface area contributed by atoms with Gasteiger partial charge < -0.3 is 22.9 Å². The van der Waals surface area contributed by atoms with Crippen molar-refractivity contribution < 1.29 is 0 Å². The molecule has 264 valence electrons. The smallest absolute Gasteiger partial charge is 0.0245 e. The van der Waals surface area contributed by atoms with Crippen LogP contribution in [-0.4, -0.2) is 26.2 Å². The maximum atomic E-state index is 5.31. The van der Waals surface area contributed by atoms with Gasteiger partial charge in [-0.3, -0.25) is 0 Å². The zero-order valence-electron chi connectivity index (χ0n) is 32.2. The van der Waals surface area contributed by atoms with Crippen molar-refractivity contribution in [2.24, 2.45) is 22.9 Å². The van der Waals surface area contributed by atoms with Crippen LogP contribution in [0.25, 0.3) is 0 Å². The van der Waals surface area contributed by atoms with Crippen LogP contribution in [0, 0.1) is 45.0 Å². The number of rotatable bonds is 2. The number of hydrogen-bond donors (Lipinski definition) is 4. The van der Waals surface area contributed by atoms with E-state index in [1.54, 1.807) is 0 Å². The van der Waals surface area contributed by atoms with Gasteiger partial charge in [-0.1, -0.05) is 169 Å². The molecule has 0 saturated carbocycles. The van der Waals surface area contributed by atoms with Crippen LogP contribution in [0.2, 0.25) is 0 Å². The van der Waals surface area contributed by atoms with E-state index in [0.717, 1.165) is 25.1 Å². The summed E-state index contributed by atoms with van der Waals surface area (Å²) in [5.74, 6) is 8.43. The van der Waals surface area contributed by atoms with Crippen molar-refractivity contribution in [3.63, 3.8) is 0 Å². The summed E-state index contributed by atoms with van der Waals surface area (Å²) in [5, 5.41) is 0. The van der Waals surface area contributed by atoms with Crippen molar-refractivity contribution in [3.05, 3.63) is 70.8 Å². The lowest BCUT2D eigenvalue weighted by Gasteiger charge is -1.90. The first-order valence-electron chi connectivity index (χ1n) is 16.7. The largest absolute Gasteiger partial charge is 0.331 e. The highest BCUT2D eigenvalue weighted by molar-refractivity contribution is 5.35. The molecule has 0 aliphatic rings. The van der Waals surface area contributed by atoms with E-state index in [4.69, 9.17) is 29.4 Å². The second-order valence-corrected chi connectivity index (χ2v) is 6.42. The van der Waals surface area contributed by atoms with E-state index in [9.17, 15) is 0 Å². The van der Waals surface area contributed by atoms with E-state index in [1.165, 1.54) is 16.7 Å². The molecule has 0 heterocycles. The SMILES string of the molecule is C.C#CCCN.CC.CC.CC.CC.CC.CC.CCN.CCN.Cc1ccc(C#CCCN)cc1.Cc1ccc(C)cc1. The highest BCUT2D eigenvalue weighted by Crippen LogP contribution is 2.01. The molecule has 4 heteroatoms. The van der Waals surface area contributed by atoms with Crippen LogP contribution in [0.1, 0.15) is 139 Å². The molecule has 8 N–H and O–H groups in total. The Balaban J connectivity index is -0.0000000400. The van der Waals surface area contributed by atoms with Gasteiger partial charge in [-0.05, 0) is 46.0 Å². The highest BCUT2D eigenvalue weighted by atomic mass is 14.5. The molecule has 0 aliphatic heterocycles. The van der Waals surface area contributed by atoms with E-state index in [0.29, 0.717) is 19.5 Å². The molecular formula is C40H84N4. The Kier molecular flexibility index (Phi) is 140. The van der Waals surface area contributed by atoms with Crippen LogP contribution in [0.4, 0.5) is 0 Å². The van der Waals surface area contributed by atoms with Crippen LogP contribution < -0.4 is 22.9 Å². The molecule has 0 aromatic heterocycles. The monoisotopic (exact) mass is 621 g/mol. The molecule has 44 heavy (non-hydrogen) atoms. The Bertz CT molecular complexity index is 681. The normalized spacial score (nSPS) is 6.45. The minimum absolute atomic E-state index is 0. The summed E-state index contributed by atoms with van der Waals surface area (Å²) < 4.78 is 0. The van der Waals surface area contributed by atoms with Crippen molar-refractivity contribution in [1.82, 2.24) is 0 Å². The standard InChI is InChI=1S/C11H13N.C8H10.C4H7N.2C2H7N.6C2H6.CH4/c1-10-5-7-11(8-6-10)4-2-3-9-12;1-7-3-5-8(2)6-4-7;1-2-3-4-5;2*1-2-3;6*1-2;/h5-8H,3,9,12H2,1H3;3-6H,1-2H3;1H,3-5H2;2*2-3H2,1H3;6*1-2H3;1H4. The van der Waals surface area contributed by atoms with Crippen molar-refractivity contribution >= 4 is 0 Å². The number of benzene rings is 2. The van der Waals surface area contributed by atoms with E-state index in [2.05, 4.69) is 74.9 Å². The van der Waals surface area contributed by atoms with E-state index in [-0.39, 0.29) is 7.43 Å². The molecule has 0 saturated heterocycles. The number of terminal acetylenes is 1. The minimum atomic E-state index is 0. The molecule has 0 unspecified atom stereocenters. The van der Waals surface area contributed by atoms with Gasteiger partial charge in [0.05, 0.1) is 0 Å². The molecule has 2 rings (SSSR count). The predicted molar refractivity (Wildman–Crippen MR) is 214 cm³/mol. The predicted octanol–water partition coefficient (Wildman–Crippen LogP) is 10.7. The molecule has 2 aromatic carbocycles. The van der Waals surface area contributed by atoms with Crippen molar-refractivity contribution in [2.75, 3.05) is 26.2 Å². The fraction of sp³-hybridized carbons (Fsp3) is 0.600. The maximum absolute atomic E-state index is 5.31. The first kappa shape index (κ1) is 68.5. The average molecular weight is 621 g/mol. The summed E-state index contributed by atoms with van der Waals surface area (Å²) in [6.07, 6.45) is 6.28. The van der Waals surface area contributed by atoms with Crippen LogP contribution in [0.3, 0.4) is 0 Å². The Morgan fingerprint density at radius 1 is 0.500 bits per heavy atom. The third kappa shape index (κ3) is 97.6. The molecule has 0 amide bonds. The van der Waals surface area contributed by atoms with E-state index >= 15 is 0 Å². The van der Waals surface area contributed by atoms with Gasteiger partial charge in [0.15, 0.2) is 0 Å². The zero-order valence-corrected chi connectivity index (χ0v) is 32.2. The van der Waals surface area contributed by atoms with Gasteiger partial charge >= 0.3 is 0 Å². The maximum Gasteiger partial charge on any atom is 0.0245 e. The Labute approximate surface area is 281 Å². The van der Waals surface area contributed by atoms with Gasteiger partial charge in [0.25, 0.3) is 0 Å². The van der Waals surface area contributed by atoms with Gasteiger partial charge in [-0.25, -0.2) is 0 Å². The molecular weight excluding hydrogens is 536 g/mol. The van der Waals surface area contributed by atoms with Gasteiger partial charge in [0.1, 0.15) is 0 Å². The van der Waals surface area contributed by atoms with Crippen molar-refractivity contribution in [1.29, 1.82) is 0 Å². The van der Waals surface area contributed by atoms with Gasteiger partial charge in [-0.15, -0.1) is 12.3 Å². The van der Waals surface area contributed by atoms with Crippen LogP contribution in [0.5, 0.6) is 0 Å². The summed E-state index contributed by atoms with van der Waals surface area (Å²) in [5.41, 5.74) is 25.0. The number of aryl methyl sites for hydroxylation is 3. The minimum Gasteiger partial charge on any atom is -0.331 e. The third-order valence-corrected chi connectivity index (χ3v) is 3.06. The second-order valence-electron chi connectivity index (χ2n) is 6.42. The van der Waals surface area contributed by atoms with Crippen LogP contribution >= 0.6 is 0 Å². The third-order valence-electron chi connectivity index (χ3n) is 3.06. The van der Waals surface area contributed by atoms with Gasteiger partial charge in [-0.2, -0.15) is 0 Å². The first-order chi connectivity index (χ1) is 20.9. The van der Waals surface area contributed by atoms with Crippen LogP contribution in [-0.2, 0) is 0 Å². The summed E-state index contributed by atoms with van der Waals surface area (Å²) in [6, 6.07) is 16.7. The van der Waals surface area contributed by atoms with E-state index in [1.807, 2.05) is 109 Å². The molecule has 0 spiro atoms. The summed E-state index contributed by atoms with van der Waals surface area (Å²) in [6.45, 7) is 36.8. The van der Waals surface area contributed by atoms with Crippen LogP contribution in [0.15, 0.2) is 48.5 Å². The Morgan fingerprint density at radius 3 is 0.909 bits per heavy atom. The molecule has 0 aliphatic carbocycles. The fourth-order valence-corrected chi connectivity index (χ4v) is 1.59. The van der Waals surface area contributed by atoms with Crippen molar-refractivity contribution in [3.8, 4) is 24.2 Å². The summed E-state index contributed by atoms with van der Waals surface area (Å²) in [4.78, 5) is 0. The second kappa shape index (κ2) is 90.0. The van der Waals surface area contributed by atoms with Crippen molar-refractivity contribution in [2.45, 2.75) is 138 Å². The zero-order chi connectivity index (χ0) is 36.3. The highest BCUT2D eigenvalue weighted by Gasteiger charge is 1.84. The molecule has 0 bridgehead atoms. The number of nitrogens with two attached hydrogens (primary N) is 4. The summed E-state index contributed by atoms with van der Waals surface area (Å²) >= 11 is 0. The van der Waals surface area contributed by atoms with Gasteiger partial charge in [0, 0.05) is 31.5 Å². The first-order valence-corrected chi connectivity index (χ1v) is 16.7. The molecule has 2 aromatic rings. The lowest BCUT2D eigenvalue weighted by Crippen LogP contribution is -1.95. The lowest BCUT2D eigenvalue weighted by atomic mass is 10.1. The topological polar surface area (TPSA) is 104 Å². The Morgan fingerprint density at radius 2 is 0.727 bits per heavy atom. The summed E-state index contributed by atoms with van der Waals surface area (Å²) in [7, 11) is 0.